The molecule has 0 unspecified atom stereocenters. The summed E-state index contributed by atoms with van der Waals surface area (Å²) >= 11 is 0. The van der Waals surface area contributed by atoms with Crippen LogP contribution in [-0.2, 0) is 13.0 Å². The molecule has 1 aromatic carbocycles. The van der Waals surface area contributed by atoms with Crippen LogP contribution in [0.2, 0.25) is 0 Å². The maximum absolute atomic E-state index is 12.5. The van der Waals surface area contributed by atoms with Gasteiger partial charge in [0.15, 0.2) is 0 Å². The van der Waals surface area contributed by atoms with Gasteiger partial charge in [-0.3, -0.25) is 4.79 Å². The summed E-state index contributed by atoms with van der Waals surface area (Å²) in [4.78, 5) is 19.0. The van der Waals surface area contributed by atoms with Crippen molar-refractivity contribution < 1.29 is 4.79 Å². The van der Waals surface area contributed by atoms with Gasteiger partial charge in [-0.15, -0.1) is 0 Å². The Bertz CT molecular complexity index is 789. The number of amides is 1. The van der Waals surface area contributed by atoms with E-state index in [1.165, 1.54) is 0 Å². The minimum Gasteiger partial charge on any atom is -0.332 e. The molecule has 0 aliphatic carbocycles. The molecule has 0 saturated carbocycles. The van der Waals surface area contributed by atoms with Crippen LogP contribution in [0.4, 0.5) is 0 Å². The minimum atomic E-state index is 0.105. The van der Waals surface area contributed by atoms with Crippen molar-refractivity contribution in [2.45, 2.75) is 13.0 Å². The van der Waals surface area contributed by atoms with E-state index in [2.05, 4.69) is 4.98 Å². The Morgan fingerprint density at radius 2 is 1.95 bits per heavy atom. The standard InChI is InChI=1S/C17H15N3O/c21-17-15-6-2-1-5-13(15)8-10-20(17)12-14-11-19-9-4-3-7-16(19)18-14/h1-7,9,11H,8,10,12H2. The fourth-order valence-electron chi connectivity index (χ4n) is 2.88. The van der Waals surface area contributed by atoms with Crippen molar-refractivity contribution in [3.05, 3.63) is 71.7 Å². The smallest absolute Gasteiger partial charge is 0.254 e. The summed E-state index contributed by atoms with van der Waals surface area (Å²) in [6, 6.07) is 13.8. The van der Waals surface area contributed by atoms with Gasteiger partial charge >= 0.3 is 0 Å². The van der Waals surface area contributed by atoms with Crippen LogP contribution >= 0.6 is 0 Å². The molecule has 4 heteroatoms. The molecule has 4 nitrogen and oxygen atoms in total. The van der Waals surface area contributed by atoms with E-state index in [4.69, 9.17) is 0 Å². The average molecular weight is 277 g/mol. The second kappa shape index (κ2) is 4.74. The van der Waals surface area contributed by atoms with E-state index in [9.17, 15) is 4.79 Å². The molecule has 0 saturated heterocycles. The van der Waals surface area contributed by atoms with Gasteiger partial charge in [0.2, 0.25) is 0 Å². The normalized spacial score (nSPS) is 14.5. The summed E-state index contributed by atoms with van der Waals surface area (Å²) in [6.07, 6.45) is 4.87. The first-order valence-corrected chi connectivity index (χ1v) is 7.11. The molecule has 104 valence electrons. The highest BCUT2D eigenvalue weighted by Crippen LogP contribution is 2.20. The van der Waals surface area contributed by atoms with Gasteiger partial charge in [-0.05, 0) is 30.2 Å². The Morgan fingerprint density at radius 1 is 1.10 bits per heavy atom. The highest BCUT2D eigenvalue weighted by atomic mass is 16.2. The molecule has 21 heavy (non-hydrogen) atoms. The maximum atomic E-state index is 12.5. The average Bonchev–Trinajstić information content (AvgIpc) is 2.93. The summed E-state index contributed by atoms with van der Waals surface area (Å²) in [5, 5.41) is 0. The number of benzene rings is 1. The molecule has 3 heterocycles. The first-order chi connectivity index (χ1) is 10.3. The van der Waals surface area contributed by atoms with Gasteiger partial charge in [0.05, 0.1) is 12.2 Å². The monoisotopic (exact) mass is 277 g/mol. The number of fused-ring (bicyclic) bond motifs is 2. The van der Waals surface area contributed by atoms with E-state index >= 15 is 0 Å². The van der Waals surface area contributed by atoms with Crippen LogP contribution < -0.4 is 0 Å². The van der Waals surface area contributed by atoms with Crippen molar-refractivity contribution in [1.82, 2.24) is 14.3 Å². The Labute approximate surface area is 122 Å². The van der Waals surface area contributed by atoms with Crippen LogP contribution in [0.1, 0.15) is 21.6 Å². The number of hydrogen-bond acceptors (Lipinski definition) is 2. The summed E-state index contributed by atoms with van der Waals surface area (Å²) in [7, 11) is 0. The molecule has 1 amide bonds. The third-order valence-electron chi connectivity index (χ3n) is 3.95. The minimum absolute atomic E-state index is 0.105. The summed E-state index contributed by atoms with van der Waals surface area (Å²) in [6.45, 7) is 1.32. The maximum Gasteiger partial charge on any atom is 0.254 e. The molecule has 0 bridgehead atoms. The molecule has 1 aliphatic heterocycles. The van der Waals surface area contributed by atoms with Crippen LogP contribution in [0.3, 0.4) is 0 Å². The number of hydrogen-bond donors (Lipinski definition) is 0. The van der Waals surface area contributed by atoms with Crippen LogP contribution in [0, 0.1) is 0 Å². The molecule has 3 aromatic rings. The van der Waals surface area contributed by atoms with Crippen molar-refractivity contribution in [3.8, 4) is 0 Å². The summed E-state index contributed by atoms with van der Waals surface area (Å²) in [5.41, 5.74) is 3.81. The Kier molecular flexibility index (Phi) is 2.74. The second-order valence-corrected chi connectivity index (χ2v) is 5.33. The molecule has 0 radical (unpaired) electrons. The SMILES string of the molecule is O=C1c2ccccc2CCN1Cc1cn2ccccc2n1. The zero-order valence-electron chi connectivity index (χ0n) is 11.6. The van der Waals surface area contributed by atoms with Gasteiger partial charge in [0.1, 0.15) is 5.65 Å². The fourth-order valence-corrected chi connectivity index (χ4v) is 2.88. The molecule has 2 aromatic heterocycles. The molecule has 0 N–H and O–H groups in total. The van der Waals surface area contributed by atoms with Gasteiger partial charge in [-0.25, -0.2) is 4.98 Å². The van der Waals surface area contributed by atoms with E-state index in [1.807, 2.05) is 64.2 Å². The molecule has 1 aliphatic rings. The number of imidazole rings is 1. The van der Waals surface area contributed by atoms with Gasteiger partial charge in [0.25, 0.3) is 5.91 Å². The van der Waals surface area contributed by atoms with Crippen molar-refractivity contribution in [2.75, 3.05) is 6.54 Å². The molecule has 4 rings (SSSR count). The van der Waals surface area contributed by atoms with Crippen molar-refractivity contribution >= 4 is 11.6 Å². The molecular weight excluding hydrogens is 262 g/mol. The lowest BCUT2D eigenvalue weighted by molar-refractivity contribution is 0.0725. The highest BCUT2D eigenvalue weighted by molar-refractivity contribution is 5.96. The second-order valence-electron chi connectivity index (χ2n) is 5.33. The van der Waals surface area contributed by atoms with Crippen LogP contribution in [0.5, 0.6) is 0 Å². The van der Waals surface area contributed by atoms with Crippen LogP contribution in [0.15, 0.2) is 54.9 Å². The van der Waals surface area contributed by atoms with Crippen LogP contribution in [-0.4, -0.2) is 26.7 Å². The largest absolute Gasteiger partial charge is 0.332 e. The van der Waals surface area contributed by atoms with Gasteiger partial charge < -0.3 is 9.30 Å². The number of aromatic nitrogens is 2. The zero-order valence-corrected chi connectivity index (χ0v) is 11.6. The summed E-state index contributed by atoms with van der Waals surface area (Å²) < 4.78 is 1.98. The lowest BCUT2D eigenvalue weighted by Crippen LogP contribution is -2.37. The van der Waals surface area contributed by atoms with Crippen LogP contribution in [0.25, 0.3) is 5.65 Å². The van der Waals surface area contributed by atoms with Crippen molar-refractivity contribution in [2.24, 2.45) is 0 Å². The number of nitrogens with zero attached hydrogens (tertiary/aromatic N) is 3. The predicted molar refractivity (Wildman–Crippen MR) is 80.1 cm³/mol. The molecule has 0 fully saturated rings. The first-order valence-electron chi connectivity index (χ1n) is 7.11. The molecule has 0 spiro atoms. The van der Waals surface area contributed by atoms with E-state index in [0.29, 0.717) is 6.54 Å². The van der Waals surface area contributed by atoms with Gasteiger partial charge in [0, 0.05) is 24.5 Å². The number of carbonyl (C=O) groups is 1. The Hall–Kier alpha value is -2.62. The predicted octanol–water partition coefficient (Wildman–Crippen LogP) is 2.53. The quantitative estimate of drug-likeness (QED) is 0.722. The third-order valence-corrected chi connectivity index (χ3v) is 3.95. The molecular formula is C17H15N3O. The fraction of sp³-hybridized carbons (Fsp3) is 0.176. The van der Waals surface area contributed by atoms with E-state index in [1.54, 1.807) is 0 Å². The number of pyridine rings is 1. The van der Waals surface area contributed by atoms with E-state index in [0.717, 1.165) is 35.4 Å². The topological polar surface area (TPSA) is 37.6 Å². The van der Waals surface area contributed by atoms with Crippen molar-refractivity contribution in [1.29, 1.82) is 0 Å². The van der Waals surface area contributed by atoms with Crippen molar-refractivity contribution in [3.63, 3.8) is 0 Å². The van der Waals surface area contributed by atoms with E-state index in [-0.39, 0.29) is 5.91 Å². The molecule has 0 atom stereocenters. The third kappa shape index (κ3) is 2.09. The van der Waals surface area contributed by atoms with Gasteiger partial charge in [-0.1, -0.05) is 24.3 Å². The number of carbonyl (C=O) groups excluding carboxylic acids is 1. The van der Waals surface area contributed by atoms with E-state index < -0.39 is 0 Å². The lowest BCUT2D eigenvalue weighted by Gasteiger charge is -2.27. The summed E-state index contributed by atoms with van der Waals surface area (Å²) in [5.74, 6) is 0.105. The van der Waals surface area contributed by atoms with Gasteiger partial charge in [-0.2, -0.15) is 0 Å². The Morgan fingerprint density at radius 3 is 2.86 bits per heavy atom. The zero-order chi connectivity index (χ0) is 14.2. The lowest BCUT2D eigenvalue weighted by atomic mass is 9.99. The Balaban J connectivity index is 1.62. The highest BCUT2D eigenvalue weighted by Gasteiger charge is 2.24. The first kappa shape index (κ1) is 12.1. The number of rotatable bonds is 2.